The second-order valence-electron chi connectivity index (χ2n) is 2.36. The van der Waals surface area contributed by atoms with Crippen LogP contribution in [0.15, 0.2) is 20.9 Å². The van der Waals surface area contributed by atoms with E-state index in [0.717, 1.165) is 0 Å². The van der Waals surface area contributed by atoms with Gasteiger partial charge < -0.3 is 0 Å². The second kappa shape index (κ2) is 3.01. The second-order valence-corrected chi connectivity index (χ2v) is 13.7. The third-order valence-corrected chi connectivity index (χ3v) is 10.7. The van der Waals surface area contributed by atoms with Crippen LogP contribution in [-0.2, 0) is 0 Å². The average molecular weight is 251 g/mol. The maximum atomic E-state index is 2.47. The summed E-state index contributed by atoms with van der Waals surface area (Å²) in [6.07, 6.45) is 2.00. The predicted molar refractivity (Wildman–Crippen MR) is 40.5 cm³/mol. The van der Waals surface area contributed by atoms with Gasteiger partial charge in [0.2, 0.25) is 0 Å². The van der Waals surface area contributed by atoms with Crippen molar-refractivity contribution < 1.29 is 20.4 Å². The molecule has 1 aliphatic rings. The molecule has 0 N–H and O–H groups in total. The van der Waals surface area contributed by atoms with Gasteiger partial charge in [-0.15, -0.1) is 0 Å². The number of allylic oxidation sites excluding steroid dienone is 3. The summed E-state index contributed by atoms with van der Waals surface area (Å²) in [7, 11) is 0. The molecule has 0 saturated heterocycles. The van der Waals surface area contributed by atoms with Crippen molar-refractivity contribution in [2.75, 3.05) is 0 Å². The summed E-state index contributed by atoms with van der Waals surface area (Å²) in [6, 6.07) is 0. The van der Waals surface area contributed by atoms with Crippen molar-refractivity contribution in [1.82, 2.24) is 0 Å². The summed E-state index contributed by atoms with van der Waals surface area (Å²) in [6.45, 7) is 6.97. The van der Waals surface area contributed by atoms with Crippen LogP contribution in [0.3, 0.4) is 0 Å². The van der Waals surface area contributed by atoms with Crippen molar-refractivity contribution in [3.63, 3.8) is 0 Å². The minimum absolute atomic E-state index is 0.319. The van der Waals surface area contributed by atoms with Gasteiger partial charge in [-0.3, -0.25) is 0 Å². The van der Waals surface area contributed by atoms with E-state index in [1.807, 2.05) is 0 Å². The van der Waals surface area contributed by atoms with Gasteiger partial charge in [-0.25, -0.2) is 0 Å². The molecular formula is C7H12ISi-. The Labute approximate surface area is 68.0 Å². The molecule has 1 heterocycles. The van der Waals surface area contributed by atoms with Crippen molar-refractivity contribution in [3.05, 3.63) is 20.9 Å². The number of halogens is 1. The summed E-state index contributed by atoms with van der Waals surface area (Å²) in [5.41, 5.74) is 4.00. The van der Waals surface area contributed by atoms with Crippen LogP contribution in [0, 0.1) is 0 Å². The van der Waals surface area contributed by atoms with Crippen LogP contribution in [0.1, 0.15) is 13.8 Å². The Bertz CT molecular complexity index is 170. The topological polar surface area (TPSA) is 0 Å². The Hall–Kier alpha value is 0.427. The molecule has 0 radical (unpaired) electrons. The average Bonchev–Trinajstić information content (AvgIpc) is 1.80. The Kier molecular flexibility index (Phi) is 2.52. The fourth-order valence-electron chi connectivity index (χ4n) is 0.772. The summed E-state index contributed by atoms with van der Waals surface area (Å²) in [5.74, 6) is 0. The molecule has 1 rings (SSSR count). The summed E-state index contributed by atoms with van der Waals surface area (Å²) >= 11 is 0.481. The number of rotatable bonds is 0. The molecule has 52 valence electrons. The third kappa shape index (κ3) is 1.93. The van der Waals surface area contributed by atoms with Crippen molar-refractivity contribution in [2.24, 2.45) is 0 Å². The summed E-state index contributed by atoms with van der Waals surface area (Å²) in [5, 5.41) is 0. The quantitative estimate of drug-likeness (QED) is 0.289. The van der Waals surface area contributed by atoms with Crippen molar-refractivity contribution >= 4 is 6.29 Å². The van der Waals surface area contributed by atoms with Crippen LogP contribution in [0.25, 0.3) is 0 Å². The minimum atomic E-state index is -0.319. The van der Waals surface area contributed by atoms with E-state index in [9.17, 15) is 0 Å². The van der Waals surface area contributed by atoms with Gasteiger partial charge in [0.1, 0.15) is 0 Å². The first-order valence-corrected chi connectivity index (χ1v) is 10.3. The molecule has 0 nitrogen and oxygen atoms in total. The molecule has 0 aliphatic carbocycles. The maximum absolute atomic E-state index is 2.47. The monoisotopic (exact) mass is 251 g/mol. The molecule has 1 aliphatic heterocycles. The molecule has 0 aromatic heterocycles. The molecule has 0 aromatic rings. The molecule has 1 atom stereocenters. The first-order chi connectivity index (χ1) is 4.20. The van der Waals surface area contributed by atoms with Gasteiger partial charge >= 0.3 is 68.0 Å². The molecule has 0 saturated carbocycles. The standard InChI is InChI=1S/C7H12ISi/c1-6-4-5-9(3)8-7(6)2/h4-5,9H,1-3H3/q-1. The van der Waals surface area contributed by atoms with E-state index in [1.165, 1.54) is 5.57 Å². The Morgan fingerprint density at radius 2 is 2.11 bits per heavy atom. The molecule has 1 unspecified atom stereocenters. The normalized spacial score (nSPS) is 28.1. The van der Waals surface area contributed by atoms with Crippen LogP contribution in [-0.4, -0.2) is 6.29 Å². The van der Waals surface area contributed by atoms with Crippen molar-refractivity contribution in [2.45, 2.75) is 20.4 Å². The van der Waals surface area contributed by atoms with E-state index in [1.54, 1.807) is 3.58 Å². The first-order valence-electron chi connectivity index (χ1n) is 3.19. The van der Waals surface area contributed by atoms with Gasteiger partial charge in [-0.2, -0.15) is 0 Å². The molecule has 0 spiro atoms. The Morgan fingerprint density at radius 1 is 1.44 bits per heavy atom. The van der Waals surface area contributed by atoms with Crippen LogP contribution in [0.2, 0.25) is 6.55 Å². The van der Waals surface area contributed by atoms with Crippen LogP contribution in [0.5, 0.6) is 0 Å². The molecular weight excluding hydrogens is 239 g/mol. The summed E-state index contributed by atoms with van der Waals surface area (Å²) < 4.78 is 1.72. The molecule has 0 bridgehead atoms. The fraction of sp³-hybridized carbons (Fsp3) is 0.429. The van der Waals surface area contributed by atoms with Gasteiger partial charge in [0, 0.05) is 0 Å². The van der Waals surface area contributed by atoms with Crippen LogP contribution >= 0.6 is 0 Å². The van der Waals surface area contributed by atoms with Crippen LogP contribution < -0.4 is 20.4 Å². The predicted octanol–water partition coefficient (Wildman–Crippen LogP) is -1.17. The van der Waals surface area contributed by atoms with Gasteiger partial charge in [-0.1, -0.05) is 0 Å². The zero-order chi connectivity index (χ0) is 6.85. The van der Waals surface area contributed by atoms with Gasteiger partial charge in [-0.05, 0) is 0 Å². The zero-order valence-electron chi connectivity index (χ0n) is 6.11. The number of hydrogen-bond acceptors (Lipinski definition) is 0. The molecule has 9 heavy (non-hydrogen) atoms. The number of hydrogen-bond donors (Lipinski definition) is 0. The van der Waals surface area contributed by atoms with E-state index in [2.05, 4.69) is 32.2 Å². The molecule has 0 fully saturated rings. The summed E-state index contributed by atoms with van der Waals surface area (Å²) in [4.78, 5) is 0. The van der Waals surface area contributed by atoms with Crippen LogP contribution in [0.4, 0.5) is 0 Å². The van der Waals surface area contributed by atoms with E-state index >= 15 is 0 Å². The Morgan fingerprint density at radius 3 is 2.56 bits per heavy atom. The van der Waals surface area contributed by atoms with Gasteiger partial charge in [0.25, 0.3) is 0 Å². The van der Waals surface area contributed by atoms with E-state index in [4.69, 9.17) is 0 Å². The van der Waals surface area contributed by atoms with E-state index in [0.29, 0.717) is 20.4 Å². The Balaban J connectivity index is 2.75. The molecule has 2 heteroatoms. The third-order valence-electron chi connectivity index (χ3n) is 1.49. The van der Waals surface area contributed by atoms with Gasteiger partial charge in [0.15, 0.2) is 0 Å². The molecule has 0 amide bonds. The van der Waals surface area contributed by atoms with Crippen molar-refractivity contribution in [1.29, 1.82) is 0 Å². The zero-order valence-corrected chi connectivity index (χ0v) is 9.42. The SMILES string of the molecule is CC1=C(C)[I-][SiH](C)C=C1. The van der Waals surface area contributed by atoms with Crippen molar-refractivity contribution in [3.8, 4) is 0 Å². The van der Waals surface area contributed by atoms with E-state index in [-0.39, 0.29) is 6.29 Å². The fourth-order valence-corrected chi connectivity index (χ4v) is 9.41. The van der Waals surface area contributed by atoms with E-state index < -0.39 is 0 Å². The van der Waals surface area contributed by atoms with Gasteiger partial charge in [0.05, 0.1) is 0 Å². The molecule has 0 aromatic carbocycles. The first kappa shape index (κ1) is 7.53.